The number of alkyl halides is 3. The van der Waals surface area contributed by atoms with Crippen molar-refractivity contribution in [2.45, 2.75) is 25.9 Å². The number of benzene rings is 1. The molecule has 0 spiro atoms. The van der Waals surface area contributed by atoms with E-state index in [4.69, 9.17) is 5.73 Å². The fourth-order valence-corrected chi connectivity index (χ4v) is 2.71. The minimum absolute atomic E-state index is 0.401. The van der Waals surface area contributed by atoms with Crippen LogP contribution in [0, 0.1) is 5.92 Å². The van der Waals surface area contributed by atoms with Crippen molar-refractivity contribution in [3.05, 3.63) is 28.8 Å². The summed E-state index contributed by atoms with van der Waals surface area (Å²) in [6, 6.07) is 3.71. The van der Waals surface area contributed by atoms with Gasteiger partial charge in [-0.15, -0.1) is 11.3 Å². The van der Waals surface area contributed by atoms with E-state index in [1.165, 1.54) is 17.4 Å². The predicted molar refractivity (Wildman–Crippen MR) is 71.2 cm³/mol. The maximum Gasteiger partial charge on any atom is 0.416 e. The monoisotopic (exact) mass is 288 g/mol. The van der Waals surface area contributed by atoms with Crippen molar-refractivity contribution < 1.29 is 13.2 Å². The van der Waals surface area contributed by atoms with E-state index in [2.05, 4.69) is 11.9 Å². The molecule has 2 aromatic rings. The summed E-state index contributed by atoms with van der Waals surface area (Å²) in [6.07, 6.45) is -2.65. The summed E-state index contributed by atoms with van der Waals surface area (Å²) >= 11 is 1.45. The second-order valence-electron chi connectivity index (χ2n) is 4.67. The van der Waals surface area contributed by atoms with Gasteiger partial charge < -0.3 is 5.73 Å². The fourth-order valence-electron chi connectivity index (χ4n) is 1.75. The Morgan fingerprint density at radius 2 is 2.11 bits per heavy atom. The van der Waals surface area contributed by atoms with Gasteiger partial charge >= 0.3 is 6.18 Å². The Hall–Kier alpha value is -1.14. The van der Waals surface area contributed by atoms with Gasteiger partial charge in [0.2, 0.25) is 0 Å². The highest BCUT2D eigenvalue weighted by molar-refractivity contribution is 7.18. The van der Waals surface area contributed by atoms with Gasteiger partial charge in [-0.05, 0) is 43.5 Å². The van der Waals surface area contributed by atoms with E-state index < -0.39 is 11.7 Å². The highest BCUT2D eigenvalue weighted by Crippen LogP contribution is 2.33. The fraction of sp³-hybridized carbons (Fsp3) is 0.462. The summed E-state index contributed by atoms with van der Waals surface area (Å²) in [7, 11) is 0. The first kappa shape index (κ1) is 14.3. The molecule has 2 N–H and O–H groups in total. The molecule has 1 atom stereocenters. The average Bonchev–Trinajstić information content (AvgIpc) is 2.76. The summed E-state index contributed by atoms with van der Waals surface area (Å²) < 4.78 is 38.5. The molecule has 0 fully saturated rings. The van der Waals surface area contributed by atoms with Crippen LogP contribution in [0.2, 0.25) is 0 Å². The molecule has 1 aromatic heterocycles. The molecule has 2 nitrogen and oxygen atoms in total. The molecule has 1 unspecified atom stereocenters. The third-order valence-electron chi connectivity index (χ3n) is 3.01. The van der Waals surface area contributed by atoms with Crippen LogP contribution in [-0.2, 0) is 12.6 Å². The molecule has 104 valence electrons. The van der Waals surface area contributed by atoms with Crippen LogP contribution < -0.4 is 5.73 Å². The highest BCUT2D eigenvalue weighted by Gasteiger charge is 2.30. The molecule has 0 bridgehead atoms. The summed E-state index contributed by atoms with van der Waals surface area (Å²) in [5, 5.41) is 0.870. The first-order valence-electron chi connectivity index (χ1n) is 6.07. The van der Waals surface area contributed by atoms with Crippen LogP contribution in [0.4, 0.5) is 13.2 Å². The van der Waals surface area contributed by atoms with Crippen molar-refractivity contribution >= 4 is 21.6 Å². The number of rotatable bonds is 4. The Labute approximate surface area is 113 Å². The summed E-state index contributed by atoms with van der Waals surface area (Å²) in [4.78, 5) is 4.27. The Morgan fingerprint density at radius 3 is 2.74 bits per heavy atom. The largest absolute Gasteiger partial charge is 0.416 e. The lowest BCUT2D eigenvalue weighted by atomic mass is 10.1. The molecule has 0 saturated heterocycles. The number of hydrogen-bond acceptors (Lipinski definition) is 3. The van der Waals surface area contributed by atoms with Gasteiger partial charge in [0.1, 0.15) is 0 Å². The Kier molecular flexibility index (Phi) is 4.10. The number of nitrogens with two attached hydrogens (primary N) is 1. The molecule has 1 heterocycles. The number of aromatic nitrogens is 1. The number of aryl methyl sites for hydroxylation is 1. The van der Waals surface area contributed by atoms with Gasteiger partial charge in [-0.2, -0.15) is 13.2 Å². The number of thiazole rings is 1. The van der Waals surface area contributed by atoms with E-state index in [1.807, 2.05) is 0 Å². The lowest BCUT2D eigenvalue weighted by Crippen LogP contribution is -2.11. The van der Waals surface area contributed by atoms with Crippen molar-refractivity contribution in [2.75, 3.05) is 6.54 Å². The zero-order chi connectivity index (χ0) is 14.0. The topological polar surface area (TPSA) is 38.9 Å². The van der Waals surface area contributed by atoms with Crippen LogP contribution in [-0.4, -0.2) is 11.5 Å². The summed E-state index contributed by atoms with van der Waals surface area (Å²) in [6.45, 7) is 2.66. The number of fused-ring (bicyclic) bond motifs is 1. The number of halogens is 3. The SMILES string of the molecule is CC(CN)CCc1nc2cc(C(F)(F)F)ccc2s1. The van der Waals surface area contributed by atoms with Crippen molar-refractivity contribution in [2.24, 2.45) is 11.7 Å². The molecule has 19 heavy (non-hydrogen) atoms. The van der Waals surface area contributed by atoms with Gasteiger partial charge in [0.25, 0.3) is 0 Å². The van der Waals surface area contributed by atoms with E-state index in [0.717, 1.165) is 34.7 Å². The minimum atomic E-state index is -4.31. The molecule has 1 aromatic carbocycles. The lowest BCUT2D eigenvalue weighted by Gasteiger charge is -2.05. The Morgan fingerprint density at radius 1 is 1.37 bits per heavy atom. The number of nitrogens with zero attached hydrogens (tertiary/aromatic N) is 1. The Balaban J connectivity index is 2.21. The summed E-state index contributed by atoms with van der Waals surface area (Å²) in [5.41, 5.74) is 5.32. The van der Waals surface area contributed by atoms with Gasteiger partial charge in [0, 0.05) is 0 Å². The zero-order valence-corrected chi connectivity index (χ0v) is 11.3. The van der Waals surface area contributed by atoms with Crippen LogP contribution in [0.15, 0.2) is 18.2 Å². The van der Waals surface area contributed by atoms with E-state index in [0.29, 0.717) is 18.0 Å². The van der Waals surface area contributed by atoms with Crippen molar-refractivity contribution in [3.8, 4) is 0 Å². The molecular weight excluding hydrogens is 273 g/mol. The molecular formula is C13H15F3N2S. The highest BCUT2D eigenvalue weighted by atomic mass is 32.1. The molecule has 0 aliphatic carbocycles. The standard InChI is InChI=1S/C13H15F3N2S/c1-8(7-17)2-5-12-18-10-6-9(13(14,15)16)3-4-11(10)19-12/h3-4,6,8H,2,5,7,17H2,1H3. The van der Waals surface area contributed by atoms with Gasteiger partial charge in [0.15, 0.2) is 0 Å². The van der Waals surface area contributed by atoms with E-state index in [-0.39, 0.29) is 0 Å². The van der Waals surface area contributed by atoms with Crippen LogP contribution >= 0.6 is 11.3 Å². The molecule has 0 radical (unpaired) electrons. The van der Waals surface area contributed by atoms with Crippen LogP contribution in [0.5, 0.6) is 0 Å². The van der Waals surface area contributed by atoms with Crippen molar-refractivity contribution in [1.82, 2.24) is 4.98 Å². The molecule has 0 saturated carbocycles. The third-order valence-corrected chi connectivity index (χ3v) is 4.11. The quantitative estimate of drug-likeness (QED) is 0.928. The van der Waals surface area contributed by atoms with Gasteiger partial charge in [0.05, 0.1) is 20.8 Å². The van der Waals surface area contributed by atoms with Gasteiger partial charge in [-0.1, -0.05) is 6.92 Å². The van der Waals surface area contributed by atoms with E-state index in [9.17, 15) is 13.2 Å². The minimum Gasteiger partial charge on any atom is -0.330 e. The first-order chi connectivity index (χ1) is 8.90. The normalized spacial score (nSPS) is 13.9. The maximum atomic E-state index is 12.6. The van der Waals surface area contributed by atoms with Gasteiger partial charge in [-0.3, -0.25) is 0 Å². The lowest BCUT2D eigenvalue weighted by molar-refractivity contribution is -0.137. The van der Waals surface area contributed by atoms with E-state index in [1.54, 1.807) is 0 Å². The first-order valence-corrected chi connectivity index (χ1v) is 6.88. The second kappa shape index (κ2) is 5.46. The van der Waals surface area contributed by atoms with Crippen LogP contribution in [0.3, 0.4) is 0 Å². The van der Waals surface area contributed by atoms with Crippen LogP contribution in [0.1, 0.15) is 23.9 Å². The second-order valence-corrected chi connectivity index (χ2v) is 5.78. The Bertz CT molecular complexity index is 563. The smallest absolute Gasteiger partial charge is 0.330 e. The van der Waals surface area contributed by atoms with Crippen LogP contribution in [0.25, 0.3) is 10.2 Å². The molecule has 6 heteroatoms. The third kappa shape index (κ3) is 3.45. The molecule has 0 amide bonds. The predicted octanol–water partition coefficient (Wildman–Crippen LogP) is 3.84. The molecule has 0 aliphatic heterocycles. The maximum absolute atomic E-state index is 12.6. The molecule has 2 rings (SSSR count). The molecule has 0 aliphatic rings. The van der Waals surface area contributed by atoms with Gasteiger partial charge in [-0.25, -0.2) is 4.98 Å². The van der Waals surface area contributed by atoms with E-state index >= 15 is 0 Å². The number of hydrogen-bond donors (Lipinski definition) is 1. The van der Waals surface area contributed by atoms with Crippen molar-refractivity contribution in [3.63, 3.8) is 0 Å². The zero-order valence-electron chi connectivity index (χ0n) is 10.5. The average molecular weight is 288 g/mol. The van der Waals surface area contributed by atoms with Crippen molar-refractivity contribution in [1.29, 1.82) is 0 Å². The summed E-state index contributed by atoms with van der Waals surface area (Å²) in [5.74, 6) is 0.401.